The molecule has 30 heavy (non-hydrogen) atoms. The molecule has 0 heterocycles. The Bertz CT molecular complexity index is 1040. The van der Waals surface area contributed by atoms with Gasteiger partial charge in [-0.3, -0.25) is 14.9 Å². The lowest BCUT2D eigenvalue weighted by Gasteiger charge is -2.12. The number of hydrogen-bond donors (Lipinski definition) is 1. The summed E-state index contributed by atoms with van der Waals surface area (Å²) in [6.07, 6.45) is 0. The minimum Gasteiger partial charge on any atom is -0.493 e. The number of methoxy groups -OCH3 is 1. The van der Waals surface area contributed by atoms with Crippen LogP contribution < -0.4 is 19.5 Å². The van der Waals surface area contributed by atoms with Gasteiger partial charge in [0.1, 0.15) is 17.1 Å². The maximum absolute atomic E-state index is 12.7. The lowest BCUT2D eigenvalue weighted by molar-refractivity contribution is -0.385. The van der Waals surface area contributed by atoms with E-state index in [0.717, 1.165) is 0 Å². The minimum atomic E-state index is -0.639. The minimum absolute atomic E-state index is 0.134. The van der Waals surface area contributed by atoms with Crippen LogP contribution in [0.2, 0.25) is 0 Å². The van der Waals surface area contributed by atoms with E-state index in [1.807, 2.05) is 30.3 Å². The van der Waals surface area contributed by atoms with Crippen LogP contribution in [0.3, 0.4) is 0 Å². The monoisotopic (exact) mass is 408 g/mol. The number of benzene rings is 3. The zero-order valence-corrected chi connectivity index (χ0v) is 16.5. The van der Waals surface area contributed by atoms with Crippen molar-refractivity contribution in [2.75, 3.05) is 19.0 Å². The number of nitrogens with zero attached hydrogens (tertiary/aromatic N) is 1. The number of nitrogens with one attached hydrogen (secondary N) is 1. The lowest BCUT2D eigenvalue weighted by atomic mass is 10.1. The van der Waals surface area contributed by atoms with Gasteiger partial charge < -0.3 is 19.5 Å². The topological polar surface area (TPSA) is 99.9 Å². The summed E-state index contributed by atoms with van der Waals surface area (Å²) >= 11 is 0. The van der Waals surface area contributed by atoms with Crippen molar-refractivity contribution in [2.24, 2.45) is 0 Å². The molecule has 0 atom stereocenters. The van der Waals surface area contributed by atoms with Crippen molar-refractivity contribution in [3.05, 3.63) is 82.4 Å². The molecule has 0 aliphatic heterocycles. The van der Waals surface area contributed by atoms with Gasteiger partial charge in [-0.15, -0.1) is 0 Å². The van der Waals surface area contributed by atoms with Gasteiger partial charge in [-0.05, 0) is 43.3 Å². The van der Waals surface area contributed by atoms with Gasteiger partial charge >= 0.3 is 0 Å². The highest BCUT2D eigenvalue weighted by Gasteiger charge is 2.25. The van der Waals surface area contributed by atoms with Crippen molar-refractivity contribution >= 4 is 17.3 Å². The van der Waals surface area contributed by atoms with Gasteiger partial charge in [-0.1, -0.05) is 18.2 Å². The van der Waals surface area contributed by atoms with Crippen LogP contribution in [0.5, 0.6) is 23.0 Å². The SMILES string of the molecule is CCOc1cc([N+](=O)[O-])c(C(=O)Nc2ccc(Oc3ccccc3)cc2)cc1OC. The van der Waals surface area contributed by atoms with E-state index in [1.54, 1.807) is 31.2 Å². The molecule has 1 N–H and O–H groups in total. The fraction of sp³-hybridized carbons (Fsp3) is 0.136. The van der Waals surface area contributed by atoms with Gasteiger partial charge in [0.15, 0.2) is 11.5 Å². The number of anilines is 1. The Morgan fingerprint density at radius 1 is 1.00 bits per heavy atom. The summed E-state index contributed by atoms with van der Waals surface area (Å²) < 4.78 is 16.3. The van der Waals surface area contributed by atoms with Gasteiger partial charge in [0.05, 0.1) is 24.7 Å². The molecule has 0 saturated carbocycles. The molecule has 154 valence electrons. The Kier molecular flexibility index (Phi) is 6.49. The smallest absolute Gasteiger partial charge is 0.286 e. The van der Waals surface area contributed by atoms with E-state index < -0.39 is 10.8 Å². The Hall–Kier alpha value is -4.07. The lowest BCUT2D eigenvalue weighted by Crippen LogP contribution is -2.14. The number of ether oxygens (including phenoxy) is 3. The van der Waals surface area contributed by atoms with E-state index in [0.29, 0.717) is 23.8 Å². The molecule has 3 aromatic rings. The van der Waals surface area contributed by atoms with Gasteiger partial charge in [0.25, 0.3) is 11.6 Å². The molecule has 0 aromatic heterocycles. The fourth-order valence-electron chi connectivity index (χ4n) is 2.74. The van der Waals surface area contributed by atoms with E-state index in [9.17, 15) is 14.9 Å². The van der Waals surface area contributed by atoms with Crippen molar-refractivity contribution < 1.29 is 23.9 Å². The summed E-state index contributed by atoms with van der Waals surface area (Å²) in [7, 11) is 1.40. The highest BCUT2D eigenvalue weighted by molar-refractivity contribution is 6.07. The quantitative estimate of drug-likeness (QED) is 0.414. The predicted octanol–water partition coefficient (Wildman–Crippen LogP) is 5.05. The molecule has 0 spiro atoms. The summed E-state index contributed by atoms with van der Waals surface area (Å²) in [4.78, 5) is 23.5. The van der Waals surface area contributed by atoms with Crippen LogP contribution in [0.25, 0.3) is 0 Å². The van der Waals surface area contributed by atoms with E-state index in [4.69, 9.17) is 14.2 Å². The van der Waals surface area contributed by atoms with Gasteiger partial charge in [-0.25, -0.2) is 0 Å². The highest BCUT2D eigenvalue weighted by atomic mass is 16.6. The fourth-order valence-corrected chi connectivity index (χ4v) is 2.74. The number of carbonyl (C=O) groups is 1. The third-order valence-corrected chi connectivity index (χ3v) is 4.11. The average molecular weight is 408 g/mol. The third-order valence-electron chi connectivity index (χ3n) is 4.11. The largest absolute Gasteiger partial charge is 0.493 e. The summed E-state index contributed by atoms with van der Waals surface area (Å²) in [5.74, 6) is 1.07. The van der Waals surface area contributed by atoms with Crippen LogP contribution >= 0.6 is 0 Å². The highest BCUT2D eigenvalue weighted by Crippen LogP contribution is 2.35. The van der Waals surface area contributed by atoms with E-state index in [2.05, 4.69) is 5.32 Å². The molecule has 1 amide bonds. The molecular formula is C22H20N2O6. The van der Waals surface area contributed by atoms with Crippen molar-refractivity contribution in [2.45, 2.75) is 6.92 Å². The summed E-state index contributed by atoms with van der Waals surface area (Å²) in [5.41, 5.74) is -0.0479. The van der Waals surface area contributed by atoms with Crippen LogP contribution in [0.1, 0.15) is 17.3 Å². The first-order valence-corrected chi connectivity index (χ1v) is 9.15. The zero-order valence-electron chi connectivity index (χ0n) is 16.5. The Morgan fingerprint density at radius 2 is 1.67 bits per heavy atom. The predicted molar refractivity (Wildman–Crippen MR) is 112 cm³/mol. The number of nitro groups is 1. The number of rotatable bonds is 8. The molecule has 0 unspecified atom stereocenters. The maximum atomic E-state index is 12.7. The molecule has 0 saturated heterocycles. The molecule has 0 bridgehead atoms. The molecule has 0 radical (unpaired) electrons. The van der Waals surface area contributed by atoms with Crippen LogP contribution in [0.15, 0.2) is 66.7 Å². The standard InChI is InChI=1S/C22H20N2O6/c1-3-29-21-14-19(24(26)27)18(13-20(21)28-2)22(25)23-15-9-11-17(12-10-15)30-16-7-5-4-6-8-16/h4-14H,3H2,1-2H3,(H,23,25). The summed E-state index contributed by atoms with van der Waals surface area (Å²) in [6.45, 7) is 2.05. The molecule has 0 aliphatic carbocycles. The normalized spacial score (nSPS) is 10.2. The van der Waals surface area contributed by atoms with E-state index >= 15 is 0 Å². The van der Waals surface area contributed by atoms with Crippen molar-refractivity contribution in [1.82, 2.24) is 0 Å². The second-order valence-corrected chi connectivity index (χ2v) is 6.10. The average Bonchev–Trinajstić information content (AvgIpc) is 2.75. The van der Waals surface area contributed by atoms with Crippen LogP contribution in [-0.2, 0) is 0 Å². The van der Waals surface area contributed by atoms with Crippen molar-refractivity contribution in [3.63, 3.8) is 0 Å². The molecule has 3 aromatic carbocycles. The van der Waals surface area contributed by atoms with Crippen LogP contribution in [-0.4, -0.2) is 24.5 Å². The van der Waals surface area contributed by atoms with E-state index in [1.165, 1.54) is 19.2 Å². The number of hydrogen-bond acceptors (Lipinski definition) is 6. The number of carbonyl (C=O) groups excluding carboxylic acids is 1. The molecule has 8 nitrogen and oxygen atoms in total. The third kappa shape index (κ3) is 4.85. The molecule has 0 aliphatic rings. The van der Waals surface area contributed by atoms with Gasteiger partial charge in [0, 0.05) is 11.8 Å². The van der Waals surface area contributed by atoms with Crippen molar-refractivity contribution in [1.29, 1.82) is 0 Å². The summed E-state index contributed by atoms with van der Waals surface area (Å²) in [6, 6.07) is 18.4. The first kappa shape index (κ1) is 20.7. The first-order chi connectivity index (χ1) is 14.5. The zero-order chi connectivity index (χ0) is 21.5. The Labute approximate surface area is 173 Å². The van der Waals surface area contributed by atoms with Crippen LogP contribution in [0, 0.1) is 10.1 Å². The molecule has 8 heteroatoms. The van der Waals surface area contributed by atoms with Gasteiger partial charge in [-0.2, -0.15) is 0 Å². The first-order valence-electron chi connectivity index (χ1n) is 9.15. The number of para-hydroxylation sites is 1. The summed E-state index contributed by atoms with van der Waals surface area (Å²) in [5, 5.41) is 14.1. The molecular weight excluding hydrogens is 388 g/mol. The maximum Gasteiger partial charge on any atom is 0.286 e. The van der Waals surface area contributed by atoms with Crippen molar-refractivity contribution in [3.8, 4) is 23.0 Å². The Balaban J connectivity index is 1.80. The van der Waals surface area contributed by atoms with Gasteiger partial charge in [0.2, 0.25) is 0 Å². The van der Waals surface area contributed by atoms with Crippen LogP contribution in [0.4, 0.5) is 11.4 Å². The second-order valence-electron chi connectivity index (χ2n) is 6.10. The van der Waals surface area contributed by atoms with E-state index in [-0.39, 0.29) is 22.7 Å². The second kappa shape index (κ2) is 9.42. The number of nitro benzene ring substituents is 1. The molecule has 0 fully saturated rings. The molecule has 3 rings (SSSR count). The number of amides is 1. The Morgan fingerprint density at radius 3 is 2.27 bits per heavy atom.